The predicted octanol–water partition coefficient (Wildman–Crippen LogP) is 2.73. The molecule has 6 nitrogen and oxygen atoms in total. The van der Waals surface area contributed by atoms with Gasteiger partial charge in [-0.25, -0.2) is 0 Å². The quantitative estimate of drug-likeness (QED) is 0.775. The molecule has 7 heteroatoms. The molecule has 0 radical (unpaired) electrons. The van der Waals surface area contributed by atoms with Crippen LogP contribution in [-0.4, -0.2) is 15.4 Å². The highest BCUT2D eigenvalue weighted by molar-refractivity contribution is 7.13. The van der Waals surface area contributed by atoms with Gasteiger partial charge in [0.15, 0.2) is 0 Å². The minimum absolute atomic E-state index is 0.299. The number of aromatic nitrogens is 2. The maximum absolute atomic E-state index is 12.3. The molecule has 0 aliphatic heterocycles. The molecule has 2 heterocycles. The van der Waals surface area contributed by atoms with E-state index in [9.17, 15) is 4.79 Å². The van der Waals surface area contributed by atoms with Gasteiger partial charge < -0.3 is 15.6 Å². The van der Waals surface area contributed by atoms with Gasteiger partial charge in [-0.15, -0.1) is 0 Å². The molecule has 1 amide bonds. The first kappa shape index (κ1) is 13.7. The van der Waals surface area contributed by atoms with E-state index in [4.69, 9.17) is 10.3 Å². The lowest BCUT2D eigenvalue weighted by molar-refractivity contribution is 0.102. The highest BCUT2D eigenvalue weighted by Gasteiger charge is 2.26. The second-order valence-electron chi connectivity index (χ2n) is 5.33. The smallest absolute Gasteiger partial charge is 0.260 e. The number of nitrogens with two attached hydrogens (primary N) is 1. The average Bonchev–Trinajstić information content (AvgIpc) is 3.06. The van der Waals surface area contributed by atoms with Crippen LogP contribution in [0.15, 0.2) is 35.2 Å². The Balaban J connectivity index is 1.88. The maximum Gasteiger partial charge on any atom is 0.260 e. The Morgan fingerprint density at radius 3 is 3.00 bits per heavy atom. The highest BCUT2D eigenvalue weighted by atomic mass is 32.1. The van der Waals surface area contributed by atoms with E-state index in [0.717, 1.165) is 10.1 Å². The van der Waals surface area contributed by atoms with E-state index in [0.29, 0.717) is 16.9 Å². The Bertz CT molecular complexity index is 801. The number of carbonyl (C=O) groups is 1. The molecule has 0 saturated carbocycles. The molecule has 1 aromatic carbocycles. The lowest BCUT2D eigenvalue weighted by Gasteiger charge is -2.16. The van der Waals surface area contributed by atoms with Crippen molar-refractivity contribution in [3.63, 3.8) is 0 Å². The van der Waals surface area contributed by atoms with Crippen LogP contribution in [0.25, 0.3) is 10.1 Å². The van der Waals surface area contributed by atoms with Crippen LogP contribution in [0.4, 0.5) is 5.69 Å². The van der Waals surface area contributed by atoms with Crippen LogP contribution in [0.1, 0.15) is 29.9 Å². The number of nitrogens with one attached hydrogen (secondary N) is 1. The van der Waals surface area contributed by atoms with Crippen molar-refractivity contribution < 1.29 is 9.32 Å². The Kier molecular flexibility index (Phi) is 3.23. The largest absolute Gasteiger partial charge is 0.364 e. The van der Waals surface area contributed by atoms with Crippen molar-refractivity contribution in [3.05, 3.63) is 41.9 Å². The summed E-state index contributed by atoms with van der Waals surface area (Å²) < 4.78 is 10.1. The van der Waals surface area contributed by atoms with E-state index in [2.05, 4.69) is 14.8 Å². The topological polar surface area (TPSA) is 94.0 Å². The van der Waals surface area contributed by atoms with Gasteiger partial charge in [0.05, 0.1) is 10.2 Å². The monoisotopic (exact) mass is 302 g/mol. The Morgan fingerprint density at radius 1 is 1.43 bits per heavy atom. The van der Waals surface area contributed by atoms with Crippen molar-refractivity contribution in [3.8, 4) is 0 Å². The van der Waals surface area contributed by atoms with E-state index in [1.54, 1.807) is 20.0 Å². The second-order valence-corrected chi connectivity index (χ2v) is 6.16. The third-order valence-electron chi connectivity index (χ3n) is 3.04. The van der Waals surface area contributed by atoms with Gasteiger partial charge in [0.1, 0.15) is 17.5 Å². The minimum Gasteiger partial charge on any atom is -0.364 e. The molecule has 0 unspecified atom stereocenters. The van der Waals surface area contributed by atoms with Crippen LogP contribution in [-0.2, 0) is 5.54 Å². The van der Waals surface area contributed by atoms with Gasteiger partial charge in [-0.2, -0.15) is 4.37 Å². The van der Waals surface area contributed by atoms with Crippen LogP contribution >= 0.6 is 11.5 Å². The third kappa shape index (κ3) is 2.65. The highest BCUT2D eigenvalue weighted by Crippen LogP contribution is 2.24. The Morgan fingerprint density at radius 2 is 2.24 bits per heavy atom. The van der Waals surface area contributed by atoms with Crippen LogP contribution in [0, 0.1) is 0 Å². The SMILES string of the molecule is CC(C)(N)c1nocc1C(=O)Nc1ccc2sncc2c1. The van der Waals surface area contributed by atoms with Crippen LogP contribution in [0.5, 0.6) is 0 Å². The molecule has 0 saturated heterocycles. The summed E-state index contributed by atoms with van der Waals surface area (Å²) >= 11 is 1.41. The number of fused-ring (bicyclic) bond motifs is 1. The first-order valence-electron chi connectivity index (χ1n) is 6.34. The van der Waals surface area contributed by atoms with Crippen molar-refractivity contribution in [1.82, 2.24) is 9.53 Å². The predicted molar refractivity (Wildman–Crippen MR) is 81.3 cm³/mol. The molecule has 0 atom stereocenters. The van der Waals surface area contributed by atoms with Gasteiger partial charge in [-0.3, -0.25) is 4.79 Å². The Labute approximate surface area is 125 Å². The minimum atomic E-state index is -0.749. The molecular weight excluding hydrogens is 288 g/mol. The zero-order valence-electron chi connectivity index (χ0n) is 11.6. The van der Waals surface area contributed by atoms with Gasteiger partial charge >= 0.3 is 0 Å². The molecule has 0 aliphatic rings. The summed E-state index contributed by atoms with van der Waals surface area (Å²) in [6.45, 7) is 3.54. The fraction of sp³-hybridized carbons (Fsp3) is 0.214. The lowest BCUT2D eigenvalue weighted by Crippen LogP contribution is -2.31. The molecule has 0 aliphatic carbocycles. The molecule has 0 fully saturated rings. The van der Waals surface area contributed by atoms with E-state index >= 15 is 0 Å². The van der Waals surface area contributed by atoms with E-state index < -0.39 is 5.54 Å². The summed E-state index contributed by atoms with van der Waals surface area (Å²) in [7, 11) is 0. The van der Waals surface area contributed by atoms with Gasteiger partial charge in [0, 0.05) is 17.3 Å². The van der Waals surface area contributed by atoms with Crippen LogP contribution in [0.3, 0.4) is 0 Å². The average molecular weight is 302 g/mol. The number of hydrogen-bond acceptors (Lipinski definition) is 6. The molecule has 0 spiro atoms. The molecule has 3 N–H and O–H groups in total. The summed E-state index contributed by atoms with van der Waals surface area (Å²) in [5.74, 6) is -0.299. The number of benzene rings is 1. The fourth-order valence-corrected chi connectivity index (χ4v) is 2.64. The zero-order chi connectivity index (χ0) is 15.0. The number of amides is 1. The van der Waals surface area contributed by atoms with E-state index in [1.807, 2.05) is 18.2 Å². The third-order valence-corrected chi connectivity index (χ3v) is 3.81. The summed E-state index contributed by atoms with van der Waals surface area (Å²) in [6, 6.07) is 5.63. The number of anilines is 1. The standard InChI is InChI=1S/C14H14N4O2S/c1-14(2,15)12-10(7-20-18-12)13(19)17-9-3-4-11-8(5-9)6-16-21-11/h3-7H,15H2,1-2H3,(H,17,19). The number of hydrogen-bond donors (Lipinski definition) is 2. The molecule has 3 rings (SSSR count). The van der Waals surface area contributed by atoms with Crippen molar-refractivity contribution in [2.45, 2.75) is 19.4 Å². The lowest BCUT2D eigenvalue weighted by atomic mass is 9.98. The van der Waals surface area contributed by atoms with Gasteiger partial charge in [-0.05, 0) is 43.6 Å². The van der Waals surface area contributed by atoms with Crippen LogP contribution in [0.2, 0.25) is 0 Å². The normalized spacial score (nSPS) is 11.8. The summed E-state index contributed by atoms with van der Waals surface area (Å²) in [4.78, 5) is 12.3. The zero-order valence-corrected chi connectivity index (χ0v) is 12.4. The van der Waals surface area contributed by atoms with Gasteiger partial charge in [0.25, 0.3) is 5.91 Å². The second kappa shape index (κ2) is 4.94. The first-order valence-corrected chi connectivity index (χ1v) is 7.12. The molecule has 2 aromatic heterocycles. The van der Waals surface area contributed by atoms with Crippen molar-refractivity contribution in [2.75, 3.05) is 5.32 Å². The summed E-state index contributed by atoms with van der Waals surface area (Å²) in [5, 5.41) is 7.63. The molecule has 108 valence electrons. The summed E-state index contributed by atoms with van der Waals surface area (Å²) in [6.07, 6.45) is 3.08. The summed E-state index contributed by atoms with van der Waals surface area (Å²) in [5.41, 5.74) is 6.69. The molecule has 3 aromatic rings. The van der Waals surface area contributed by atoms with Crippen molar-refractivity contribution in [1.29, 1.82) is 0 Å². The first-order chi connectivity index (χ1) is 9.95. The van der Waals surface area contributed by atoms with E-state index in [-0.39, 0.29) is 5.91 Å². The van der Waals surface area contributed by atoms with Crippen molar-refractivity contribution in [2.24, 2.45) is 5.73 Å². The number of rotatable bonds is 3. The van der Waals surface area contributed by atoms with Gasteiger partial charge in [-0.1, -0.05) is 5.16 Å². The van der Waals surface area contributed by atoms with Crippen LogP contribution < -0.4 is 11.1 Å². The fourth-order valence-electron chi connectivity index (χ4n) is 2.01. The molecule has 0 bridgehead atoms. The van der Waals surface area contributed by atoms with E-state index in [1.165, 1.54) is 17.8 Å². The molecular formula is C14H14N4O2S. The maximum atomic E-state index is 12.3. The van der Waals surface area contributed by atoms with Gasteiger partial charge in [0.2, 0.25) is 0 Å². The number of nitrogens with zero attached hydrogens (tertiary/aromatic N) is 2. The van der Waals surface area contributed by atoms with Crippen molar-refractivity contribution >= 4 is 33.2 Å². The Hall–Kier alpha value is -2.25. The molecule has 21 heavy (non-hydrogen) atoms. The number of carbonyl (C=O) groups excluding carboxylic acids is 1.